The maximum absolute atomic E-state index is 5.81. The maximum atomic E-state index is 5.81. The summed E-state index contributed by atoms with van der Waals surface area (Å²) in [7, 11) is 2.03. The van der Waals surface area contributed by atoms with Gasteiger partial charge >= 0.3 is 0 Å². The summed E-state index contributed by atoms with van der Waals surface area (Å²) in [4.78, 5) is 0. The minimum Gasteiger partial charge on any atom is -0.488 e. The lowest BCUT2D eigenvalue weighted by atomic mass is 10.1. The van der Waals surface area contributed by atoms with Gasteiger partial charge in [-0.2, -0.15) is 0 Å². The summed E-state index contributed by atoms with van der Waals surface area (Å²) in [6, 6.07) is 6.20. The molecule has 15 heavy (non-hydrogen) atoms. The second-order valence-electron chi connectivity index (χ2n) is 4.93. The highest BCUT2D eigenvalue weighted by Gasteiger charge is 2.11. The van der Waals surface area contributed by atoms with Crippen molar-refractivity contribution in [2.75, 3.05) is 0 Å². The van der Waals surface area contributed by atoms with Gasteiger partial charge in [0.15, 0.2) is 0 Å². The van der Waals surface area contributed by atoms with Crippen LogP contribution in [0.5, 0.6) is 5.75 Å². The van der Waals surface area contributed by atoms with Gasteiger partial charge in [0.1, 0.15) is 11.4 Å². The summed E-state index contributed by atoms with van der Waals surface area (Å²) in [5.74, 6) is 0.932. The quantitative estimate of drug-likeness (QED) is 0.693. The van der Waals surface area contributed by atoms with E-state index in [1.165, 1.54) is 10.8 Å². The third-order valence-electron chi connectivity index (χ3n) is 2.17. The molecule has 2 nitrogen and oxygen atoms in total. The number of aryl methyl sites for hydroxylation is 1. The summed E-state index contributed by atoms with van der Waals surface area (Å²) in [6.45, 7) is 6.17. The summed E-state index contributed by atoms with van der Waals surface area (Å²) in [5, 5.41) is 2.47. The van der Waals surface area contributed by atoms with Gasteiger partial charge in [0.25, 0.3) is 0 Å². The van der Waals surface area contributed by atoms with E-state index in [0.717, 1.165) is 5.75 Å². The zero-order chi connectivity index (χ0) is 11.1. The first-order chi connectivity index (χ1) is 6.94. The molecule has 2 aromatic rings. The lowest BCUT2D eigenvalue weighted by molar-refractivity contribution is 0.131. The van der Waals surface area contributed by atoms with E-state index in [4.69, 9.17) is 4.74 Å². The van der Waals surface area contributed by atoms with E-state index in [-0.39, 0.29) is 5.60 Å². The Bertz CT molecular complexity index is 477. The molecular weight excluding hydrogens is 186 g/mol. The van der Waals surface area contributed by atoms with Crippen LogP contribution in [0.3, 0.4) is 0 Å². The first-order valence-electron chi connectivity index (χ1n) is 5.19. The number of benzene rings is 1. The van der Waals surface area contributed by atoms with Gasteiger partial charge in [-0.05, 0) is 44.4 Å². The van der Waals surface area contributed by atoms with Gasteiger partial charge in [-0.1, -0.05) is 0 Å². The first-order valence-corrected chi connectivity index (χ1v) is 5.19. The fourth-order valence-electron chi connectivity index (χ4n) is 1.68. The van der Waals surface area contributed by atoms with Gasteiger partial charge in [0.05, 0.1) is 0 Å². The molecule has 0 saturated carbocycles. The van der Waals surface area contributed by atoms with Crippen LogP contribution in [0.4, 0.5) is 0 Å². The highest BCUT2D eigenvalue weighted by atomic mass is 16.5. The summed E-state index contributed by atoms with van der Waals surface area (Å²) >= 11 is 0. The van der Waals surface area contributed by atoms with Crippen LogP contribution in [0.2, 0.25) is 0 Å². The van der Waals surface area contributed by atoms with Crippen molar-refractivity contribution in [2.24, 2.45) is 7.05 Å². The molecule has 0 aliphatic rings. The van der Waals surface area contributed by atoms with E-state index < -0.39 is 0 Å². The highest BCUT2D eigenvalue weighted by Crippen LogP contribution is 2.24. The van der Waals surface area contributed by atoms with Crippen molar-refractivity contribution in [3.05, 3.63) is 30.6 Å². The second kappa shape index (κ2) is 3.30. The van der Waals surface area contributed by atoms with E-state index in [0.29, 0.717) is 0 Å². The Balaban J connectivity index is 2.38. The molecule has 0 aliphatic carbocycles. The fraction of sp³-hybridized carbons (Fsp3) is 0.385. The van der Waals surface area contributed by atoms with Crippen LogP contribution in [-0.4, -0.2) is 10.2 Å². The van der Waals surface area contributed by atoms with Gasteiger partial charge in [-0.25, -0.2) is 0 Å². The standard InChI is InChI=1S/C13H17NO/c1-13(2,3)15-12-6-5-10-8-14(4)9-11(10)7-12/h5-9H,1-4H3. The number of rotatable bonds is 1. The van der Waals surface area contributed by atoms with Crippen molar-refractivity contribution in [2.45, 2.75) is 26.4 Å². The van der Waals surface area contributed by atoms with Crippen LogP contribution in [0.1, 0.15) is 20.8 Å². The molecule has 0 bridgehead atoms. The summed E-state index contributed by atoms with van der Waals surface area (Å²) in [6.07, 6.45) is 4.21. The summed E-state index contributed by atoms with van der Waals surface area (Å²) in [5.41, 5.74) is -0.136. The molecule has 0 unspecified atom stereocenters. The predicted octanol–water partition coefficient (Wildman–Crippen LogP) is 3.36. The first kappa shape index (κ1) is 10.1. The number of ether oxygens (including phenoxy) is 1. The molecule has 80 valence electrons. The van der Waals surface area contributed by atoms with Gasteiger partial charge in [-0.15, -0.1) is 0 Å². The van der Waals surface area contributed by atoms with E-state index in [1.54, 1.807) is 0 Å². The zero-order valence-electron chi connectivity index (χ0n) is 9.74. The number of hydrogen-bond donors (Lipinski definition) is 0. The Kier molecular flexibility index (Phi) is 2.22. The van der Waals surface area contributed by atoms with Crippen molar-refractivity contribution >= 4 is 10.8 Å². The van der Waals surface area contributed by atoms with Gasteiger partial charge in [0, 0.05) is 24.8 Å². The lowest BCUT2D eigenvalue weighted by Crippen LogP contribution is -2.22. The zero-order valence-corrected chi connectivity index (χ0v) is 9.74. The number of fused-ring (bicyclic) bond motifs is 1. The molecule has 0 saturated heterocycles. The van der Waals surface area contributed by atoms with E-state index in [1.807, 2.05) is 13.1 Å². The SMILES string of the molecule is Cn1cc2ccc(OC(C)(C)C)cc2c1. The molecule has 0 N–H and O–H groups in total. The predicted molar refractivity (Wildman–Crippen MR) is 63.3 cm³/mol. The monoisotopic (exact) mass is 203 g/mol. The van der Waals surface area contributed by atoms with E-state index in [9.17, 15) is 0 Å². The van der Waals surface area contributed by atoms with Crippen LogP contribution >= 0.6 is 0 Å². The molecule has 2 heteroatoms. The van der Waals surface area contributed by atoms with Crippen molar-refractivity contribution in [1.29, 1.82) is 0 Å². The minimum atomic E-state index is -0.136. The maximum Gasteiger partial charge on any atom is 0.120 e. The Morgan fingerprint density at radius 1 is 1.07 bits per heavy atom. The Morgan fingerprint density at radius 2 is 1.73 bits per heavy atom. The Hall–Kier alpha value is -1.44. The molecule has 0 atom stereocenters. The van der Waals surface area contributed by atoms with E-state index in [2.05, 4.69) is 49.9 Å². The molecule has 0 fully saturated rings. The average Bonchev–Trinajstić information content (AvgIpc) is 2.40. The van der Waals surface area contributed by atoms with Gasteiger partial charge in [0.2, 0.25) is 0 Å². The van der Waals surface area contributed by atoms with Gasteiger partial charge < -0.3 is 9.30 Å². The summed E-state index contributed by atoms with van der Waals surface area (Å²) < 4.78 is 7.87. The fourth-order valence-corrected chi connectivity index (χ4v) is 1.68. The molecule has 0 radical (unpaired) electrons. The van der Waals surface area contributed by atoms with Crippen LogP contribution in [0.15, 0.2) is 30.6 Å². The van der Waals surface area contributed by atoms with Crippen LogP contribution in [0.25, 0.3) is 10.8 Å². The largest absolute Gasteiger partial charge is 0.488 e. The lowest BCUT2D eigenvalue weighted by Gasteiger charge is -2.21. The number of aromatic nitrogens is 1. The topological polar surface area (TPSA) is 14.2 Å². The number of hydrogen-bond acceptors (Lipinski definition) is 1. The third-order valence-corrected chi connectivity index (χ3v) is 2.17. The second-order valence-corrected chi connectivity index (χ2v) is 4.93. The third kappa shape index (κ3) is 2.32. The highest BCUT2D eigenvalue weighted by molar-refractivity contribution is 5.83. The molecule has 1 aromatic carbocycles. The molecule has 0 aliphatic heterocycles. The molecule has 0 spiro atoms. The molecule has 1 heterocycles. The van der Waals surface area contributed by atoms with Crippen molar-refractivity contribution in [1.82, 2.24) is 4.57 Å². The van der Waals surface area contributed by atoms with Crippen molar-refractivity contribution < 1.29 is 4.74 Å². The average molecular weight is 203 g/mol. The molecular formula is C13H17NO. The van der Waals surface area contributed by atoms with Gasteiger partial charge in [-0.3, -0.25) is 0 Å². The Labute approximate surface area is 90.5 Å². The van der Waals surface area contributed by atoms with Crippen LogP contribution < -0.4 is 4.74 Å². The smallest absolute Gasteiger partial charge is 0.120 e. The molecule has 1 aromatic heterocycles. The van der Waals surface area contributed by atoms with Crippen LogP contribution in [-0.2, 0) is 7.05 Å². The minimum absolute atomic E-state index is 0.136. The van der Waals surface area contributed by atoms with Crippen molar-refractivity contribution in [3.63, 3.8) is 0 Å². The van der Waals surface area contributed by atoms with E-state index >= 15 is 0 Å². The number of nitrogens with zero attached hydrogens (tertiary/aromatic N) is 1. The molecule has 0 amide bonds. The Morgan fingerprint density at radius 3 is 2.40 bits per heavy atom. The normalized spacial score (nSPS) is 12.0. The molecule has 2 rings (SSSR count). The van der Waals surface area contributed by atoms with Crippen LogP contribution in [0, 0.1) is 0 Å². The van der Waals surface area contributed by atoms with Crippen molar-refractivity contribution in [3.8, 4) is 5.75 Å².